The zero-order chi connectivity index (χ0) is 21.6. The molecule has 6 nitrogen and oxygen atoms in total. The number of hydrogen-bond acceptors (Lipinski definition) is 6. The summed E-state index contributed by atoms with van der Waals surface area (Å²) in [6, 6.07) is 4.47. The molecule has 0 radical (unpaired) electrons. The molecular formula is C22H25F3N4O2. The van der Waals surface area contributed by atoms with Gasteiger partial charge in [-0.15, -0.1) is 0 Å². The van der Waals surface area contributed by atoms with Gasteiger partial charge in [-0.05, 0) is 37.0 Å². The minimum atomic E-state index is -4.42. The first-order valence-corrected chi connectivity index (χ1v) is 10.6. The van der Waals surface area contributed by atoms with Gasteiger partial charge in [0.1, 0.15) is 5.69 Å². The van der Waals surface area contributed by atoms with Gasteiger partial charge >= 0.3 is 6.18 Å². The Hall–Kier alpha value is -2.39. The number of pyridine rings is 2. The fraction of sp³-hybridized carbons (Fsp3) is 0.545. The first-order chi connectivity index (χ1) is 14.8. The Morgan fingerprint density at radius 1 is 1.06 bits per heavy atom. The molecule has 0 bridgehead atoms. The molecule has 4 heterocycles. The van der Waals surface area contributed by atoms with E-state index >= 15 is 0 Å². The third kappa shape index (κ3) is 3.85. The van der Waals surface area contributed by atoms with Gasteiger partial charge in [-0.1, -0.05) is 0 Å². The van der Waals surface area contributed by atoms with Crippen molar-refractivity contribution in [2.24, 2.45) is 11.3 Å². The molecule has 1 aliphatic carbocycles. The Morgan fingerprint density at radius 2 is 1.81 bits per heavy atom. The van der Waals surface area contributed by atoms with Crippen molar-refractivity contribution in [3.05, 3.63) is 48.0 Å². The summed E-state index contributed by atoms with van der Waals surface area (Å²) in [5.41, 5.74) is 1.87. The Balaban J connectivity index is 1.19. The van der Waals surface area contributed by atoms with Crippen molar-refractivity contribution in [2.75, 3.05) is 49.2 Å². The average molecular weight is 434 g/mol. The van der Waals surface area contributed by atoms with Crippen LogP contribution in [0.1, 0.15) is 30.2 Å². The molecule has 3 aliphatic rings. The van der Waals surface area contributed by atoms with Crippen molar-refractivity contribution in [3.63, 3.8) is 0 Å². The number of morpholine rings is 1. The number of alkyl halides is 3. The molecule has 2 aliphatic heterocycles. The van der Waals surface area contributed by atoms with Crippen LogP contribution in [0.25, 0.3) is 0 Å². The minimum Gasteiger partial charge on any atom is -0.388 e. The number of aliphatic hydroxyl groups excluding tert-OH is 1. The Morgan fingerprint density at radius 3 is 2.45 bits per heavy atom. The maximum atomic E-state index is 12.7. The molecule has 1 saturated carbocycles. The predicted octanol–water partition coefficient (Wildman–Crippen LogP) is 3.28. The quantitative estimate of drug-likeness (QED) is 0.797. The molecular weight excluding hydrogens is 409 g/mol. The smallest absolute Gasteiger partial charge is 0.388 e. The van der Waals surface area contributed by atoms with Crippen molar-refractivity contribution in [1.29, 1.82) is 0 Å². The molecule has 0 aromatic carbocycles. The predicted molar refractivity (Wildman–Crippen MR) is 109 cm³/mol. The van der Waals surface area contributed by atoms with E-state index in [1.807, 2.05) is 6.07 Å². The van der Waals surface area contributed by atoms with Crippen molar-refractivity contribution in [3.8, 4) is 0 Å². The van der Waals surface area contributed by atoms with Gasteiger partial charge in [0, 0.05) is 55.2 Å². The summed E-state index contributed by atoms with van der Waals surface area (Å²) < 4.78 is 43.5. The second-order valence-electron chi connectivity index (χ2n) is 8.90. The van der Waals surface area contributed by atoms with Gasteiger partial charge in [0.2, 0.25) is 0 Å². The van der Waals surface area contributed by atoms with E-state index in [-0.39, 0.29) is 11.3 Å². The van der Waals surface area contributed by atoms with E-state index in [1.165, 1.54) is 12.3 Å². The number of hydrogen-bond donors (Lipinski definition) is 1. The van der Waals surface area contributed by atoms with Crippen LogP contribution >= 0.6 is 0 Å². The number of nitrogens with zero attached hydrogens (tertiary/aromatic N) is 4. The fourth-order valence-corrected chi connectivity index (χ4v) is 5.19. The van der Waals surface area contributed by atoms with E-state index in [4.69, 9.17) is 4.74 Å². The van der Waals surface area contributed by atoms with Gasteiger partial charge in [0.05, 0.1) is 31.2 Å². The number of halogens is 3. The number of aromatic nitrogens is 2. The van der Waals surface area contributed by atoms with E-state index in [0.29, 0.717) is 18.9 Å². The first kappa shape index (κ1) is 20.5. The highest BCUT2D eigenvalue weighted by molar-refractivity contribution is 5.54. The van der Waals surface area contributed by atoms with E-state index in [2.05, 4.69) is 19.8 Å². The van der Waals surface area contributed by atoms with Crippen molar-refractivity contribution in [2.45, 2.75) is 25.1 Å². The molecule has 1 unspecified atom stereocenters. The Labute approximate surface area is 178 Å². The lowest BCUT2D eigenvalue weighted by Gasteiger charge is -2.60. The third-order valence-corrected chi connectivity index (χ3v) is 6.79. The summed E-state index contributed by atoms with van der Waals surface area (Å²) in [5.74, 6) is 0.164. The van der Waals surface area contributed by atoms with Gasteiger partial charge < -0.3 is 19.6 Å². The average Bonchev–Trinajstić information content (AvgIpc) is 2.72. The Bertz CT molecular complexity index is 917. The number of rotatable bonds is 4. The highest BCUT2D eigenvalue weighted by Crippen LogP contribution is 2.56. The maximum Gasteiger partial charge on any atom is 0.433 e. The highest BCUT2D eigenvalue weighted by atomic mass is 19.4. The van der Waals surface area contributed by atoms with Crippen molar-refractivity contribution >= 4 is 11.4 Å². The number of anilines is 2. The molecule has 0 amide bonds. The van der Waals surface area contributed by atoms with Crippen LogP contribution < -0.4 is 9.80 Å². The summed E-state index contributed by atoms with van der Waals surface area (Å²) in [6.07, 6.45) is 1.63. The topological polar surface area (TPSA) is 61.7 Å². The van der Waals surface area contributed by atoms with E-state index < -0.39 is 18.0 Å². The van der Waals surface area contributed by atoms with Gasteiger partial charge in [-0.3, -0.25) is 4.98 Å². The van der Waals surface area contributed by atoms with Crippen LogP contribution in [0.15, 0.2) is 36.8 Å². The molecule has 1 N–H and O–H groups in total. The molecule has 31 heavy (non-hydrogen) atoms. The molecule has 2 aromatic rings. The van der Waals surface area contributed by atoms with Crippen molar-refractivity contribution < 1.29 is 23.0 Å². The van der Waals surface area contributed by atoms with Crippen molar-refractivity contribution in [1.82, 2.24) is 9.97 Å². The molecule has 1 atom stereocenters. The zero-order valence-corrected chi connectivity index (χ0v) is 17.1. The maximum absolute atomic E-state index is 12.7. The normalized spacial score (nSPS) is 22.2. The lowest BCUT2D eigenvalue weighted by molar-refractivity contribution is -0.141. The largest absolute Gasteiger partial charge is 0.433 e. The number of ether oxygens (including phenoxy) is 1. The van der Waals surface area contributed by atoms with Crippen LogP contribution in [-0.4, -0.2) is 54.5 Å². The minimum absolute atomic E-state index is 0.135. The van der Waals surface area contributed by atoms with Gasteiger partial charge in [-0.2, -0.15) is 13.2 Å². The lowest BCUT2D eigenvalue weighted by atomic mass is 9.55. The summed E-state index contributed by atoms with van der Waals surface area (Å²) in [6.45, 7) is 4.53. The van der Waals surface area contributed by atoms with Gasteiger partial charge in [0.15, 0.2) is 0 Å². The van der Waals surface area contributed by atoms with Gasteiger partial charge in [0.25, 0.3) is 0 Å². The first-order valence-electron chi connectivity index (χ1n) is 10.6. The second kappa shape index (κ2) is 7.63. The van der Waals surface area contributed by atoms with E-state index in [1.54, 1.807) is 12.4 Å². The second-order valence-corrected chi connectivity index (χ2v) is 8.90. The fourth-order valence-electron chi connectivity index (χ4n) is 5.19. The van der Waals surface area contributed by atoms with Crippen LogP contribution in [0.5, 0.6) is 0 Å². The molecule has 5 rings (SSSR count). The van der Waals surface area contributed by atoms with Crippen LogP contribution in [0.2, 0.25) is 0 Å². The molecule has 2 saturated heterocycles. The molecule has 2 aromatic heterocycles. The summed E-state index contributed by atoms with van der Waals surface area (Å²) in [7, 11) is 0. The molecule has 166 valence electrons. The van der Waals surface area contributed by atoms with E-state index in [0.717, 1.165) is 56.3 Å². The highest BCUT2D eigenvalue weighted by Gasteiger charge is 2.54. The Kier molecular flexibility index (Phi) is 5.05. The monoisotopic (exact) mass is 434 g/mol. The van der Waals surface area contributed by atoms with E-state index in [9.17, 15) is 18.3 Å². The molecule has 3 fully saturated rings. The molecule has 9 heteroatoms. The lowest BCUT2D eigenvalue weighted by Crippen LogP contribution is -2.63. The summed E-state index contributed by atoms with van der Waals surface area (Å²) in [4.78, 5) is 12.1. The van der Waals surface area contributed by atoms with Crippen LogP contribution in [0.4, 0.5) is 24.5 Å². The van der Waals surface area contributed by atoms with Crippen LogP contribution in [0.3, 0.4) is 0 Å². The third-order valence-electron chi connectivity index (χ3n) is 6.79. The summed E-state index contributed by atoms with van der Waals surface area (Å²) >= 11 is 0. The number of aliphatic hydroxyl groups is 1. The van der Waals surface area contributed by atoms with Crippen LogP contribution in [-0.2, 0) is 10.9 Å². The molecule has 1 spiro atoms. The summed E-state index contributed by atoms with van der Waals surface area (Å²) in [5, 5.41) is 11.1. The zero-order valence-electron chi connectivity index (χ0n) is 17.1. The standard InChI is InChI=1S/C22H25F3N4O2/c23-22(24,25)19-2-1-16(11-27-19)29-13-21(14-29)9-15(10-21)20(30)17-12-26-4-3-18(17)28-5-7-31-8-6-28/h1-4,11-12,15,20,30H,5-10,13-14H2. The van der Waals surface area contributed by atoms with Gasteiger partial charge in [-0.25, -0.2) is 4.98 Å². The SMILES string of the molecule is OC(c1cnccc1N1CCOCC1)C1CC2(C1)CN(c1ccc(C(F)(F)F)nc1)C2. The van der Waals surface area contributed by atoms with Crippen LogP contribution in [0, 0.1) is 11.3 Å².